The first kappa shape index (κ1) is 15.8. The topological polar surface area (TPSA) is 62.3 Å². The van der Waals surface area contributed by atoms with Crippen molar-refractivity contribution in [3.8, 4) is 0 Å². The Morgan fingerprint density at radius 3 is 2.74 bits per heavy atom. The van der Waals surface area contributed by atoms with Gasteiger partial charge in [-0.2, -0.15) is 5.06 Å². The van der Waals surface area contributed by atoms with Crippen LogP contribution in [-0.4, -0.2) is 59.8 Å². The highest BCUT2D eigenvalue weighted by atomic mass is 16.7. The summed E-state index contributed by atoms with van der Waals surface area (Å²) in [6.07, 6.45) is 1.36. The molecule has 1 aromatic rings. The molecular weight excluding hydrogens is 298 g/mol. The van der Waals surface area contributed by atoms with Gasteiger partial charge < -0.3 is 4.90 Å². The molecule has 2 aliphatic heterocycles. The van der Waals surface area contributed by atoms with Crippen LogP contribution >= 0.6 is 0 Å². The van der Waals surface area contributed by atoms with E-state index in [0.717, 1.165) is 12.0 Å². The van der Waals surface area contributed by atoms with Crippen LogP contribution in [0, 0.1) is 0 Å². The molecule has 0 N–H and O–H groups in total. The van der Waals surface area contributed by atoms with Crippen molar-refractivity contribution in [3.05, 3.63) is 35.9 Å². The molecule has 2 atom stereocenters. The minimum atomic E-state index is -0.478. The molecule has 2 fully saturated rings. The van der Waals surface area contributed by atoms with Crippen molar-refractivity contribution in [1.82, 2.24) is 15.0 Å². The average molecular weight is 319 g/mol. The molecule has 7 nitrogen and oxygen atoms in total. The third kappa shape index (κ3) is 3.02. The molecule has 0 aliphatic carbocycles. The number of benzene rings is 1. The van der Waals surface area contributed by atoms with E-state index in [0.29, 0.717) is 19.6 Å². The number of nitrogens with zero attached hydrogens (tertiary/aromatic N) is 3. The minimum absolute atomic E-state index is 0.00288. The van der Waals surface area contributed by atoms with Crippen molar-refractivity contribution < 1.29 is 19.3 Å². The lowest BCUT2D eigenvalue weighted by Crippen LogP contribution is -2.49. The summed E-state index contributed by atoms with van der Waals surface area (Å²) in [5, 5.41) is 2.60. The number of carbonyl (C=O) groups excluding carboxylic acids is 2. The van der Waals surface area contributed by atoms with Crippen LogP contribution < -0.4 is 0 Å². The maximum absolute atomic E-state index is 12.5. The molecule has 0 radical (unpaired) electrons. The Bertz CT molecular complexity index is 580. The monoisotopic (exact) mass is 319 g/mol. The summed E-state index contributed by atoms with van der Waals surface area (Å²) in [7, 11) is 2.99. The third-order valence-electron chi connectivity index (χ3n) is 4.41. The molecule has 124 valence electrons. The molecule has 2 aliphatic rings. The SMILES string of the molecule is CON(C)C(=O)[C@@H]1CC[C@H]2CN1C(=O)N2OCc1ccccc1. The standard InChI is InChI=1S/C16H21N3O4/c1-17(22-2)15(20)14-9-8-13-10-18(14)16(21)19(13)23-11-12-6-4-3-5-7-12/h3-7,13-14H,8-11H2,1-2H3/t13-,14-/m0/s1. The first-order chi connectivity index (χ1) is 11.1. The molecule has 3 amide bonds. The number of fused-ring (bicyclic) bond motifs is 2. The van der Waals surface area contributed by atoms with Crippen LogP contribution in [0.2, 0.25) is 0 Å². The Balaban J connectivity index is 1.65. The summed E-state index contributed by atoms with van der Waals surface area (Å²) >= 11 is 0. The highest BCUT2D eigenvalue weighted by molar-refractivity contribution is 5.87. The average Bonchev–Trinajstić information content (AvgIpc) is 2.84. The molecule has 0 unspecified atom stereocenters. The molecule has 0 saturated carbocycles. The van der Waals surface area contributed by atoms with E-state index >= 15 is 0 Å². The van der Waals surface area contributed by atoms with E-state index in [-0.39, 0.29) is 18.0 Å². The molecule has 2 heterocycles. The van der Waals surface area contributed by atoms with Crippen LogP contribution in [0.3, 0.4) is 0 Å². The molecule has 2 saturated heterocycles. The quantitative estimate of drug-likeness (QED) is 0.770. The van der Waals surface area contributed by atoms with Crippen molar-refractivity contribution in [2.24, 2.45) is 0 Å². The zero-order chi connectivity index (χ0) is 16.4. The van der Waals surface area contributed by atoms with Crippen molar-refractivity contribution in [1.29, 1.82) is 0 Å². The number of amides is 3. The molecular formula is C16H21N3O4. The van der Waals surface area contributed by atoms with Crippen LogP contribution in [0.1, 0.15) is 18.4 Å². The first-order valence-electron chi connectivity index (χ1n) is 7.70. The van der Waals surface area contributed by atoms with Crippen molar-refractivity contribution in [2.45, 2.75) is 31.5 Å². The number of piperidine rings is 1. The Morgan fingerprint density at radius 2 is 2.04 bits per heavy atom. The highest BCUT2D eigenvalue weighted by Gasteiger charge is 2.48. The highest BCUT2D eigenvalue weighted by Crippen LogP contribution is 2.31. The van der Waals surface area contributed by atoms with E-state index in [4.69, 9.17) is 9.68 Å². The van der Waals surface area contributed by atoms with Crippen LogP contribution in [0.25, 0.3) is 0 Å². The van der Waals surface area contributed by atoms with E-state index < -0.39 is 6.04 Å². The lowest BCUT2D eigenvalue weighted by atomic mass is 10.0. The van der Waals surface area contributed by atoms with E-state index in [1.54, 1.807) is 11.9 Å². The number of urea groups is 1. The van der Waals surface area contributed by atoms with Gasteiger partial charge in [0.2, 0.25) is 0 Å². The molecule has 0 aromatic heterocycles. The molecule has 7 heteroatoms. The molecule has 0 spiro atoms. The first-order valence-corrected chi connectivity index (χ1v) is 7.70. The van der Waals surface area contributed by atoms with E-state index in [1.165, 1.54) is 17.2 Å². The Kier molecular flexibility index (Phi) is 4.49. The van der Waals surface area contributed by atoms with Crippen LogP contribution in [0.5, 0.6) is 0 Å². The third-order valence-corrected chi connectivity index (χ3v) is 4.41. The fourth-order valence-corrected chi connectivity index (χ4v) is 3.07. The summed E-state index contributed by atoms with van der Waals surface area (Å²) < 4.78 is 0. The smallest absolute Gasteiger partial charge is 0.309 e. The van der Waals surface area contributed by atoms with Gasteiger partial charge in [-0.1, -0.05) is 30.3 Å². The Labute approximate surface area is 135 Å². The molecule has 1 aromatic carbocycles. The van der Waals surface area contributed by atoms with Gasteiger partial charge in [0.05, 0.1) is 13.2 Å². The number of hydrogen-bond donors (Lipinski definition) is 0. The lowest BCUT2D eigenvalue weighted by molar-refractivity contribution is -0.174. The van der Waals surface area contributed by atoms with Crippen molar-refractivity contribution in [3.63, 3.8) is 0 Å². The van der Waals surface area contributed by atoms with Gasteiger partial charge in [0.1, 0.15) is 12.6 Å². The predicted octanol–water partition coefficient (Wildman–Crippen LogP) is 1.41. The Hall–Kier alpha value is -2.12. The van der Waals surface area contributed by atoms with Crippen molar-refractivity contribution in [2.75, 3.05) is 20.7 Å². The van der Waals surface area contributed by atoms with Gasteiger partial charge in [0, 0.05) is 13.6 Å². The van der Waals surface area contributed by atoms with Crippen LogP contribution in [-0.2, 0) is 21.1 Å². The van der Waals surface area contributed by atoms with Crippen LogP contribution in [0.4, 0.5) is 4.79 Å². The van der Waals surface area contributed by atoms with Gasteiger partial charge in [-0.05, 0) is 18.4 Å². The number of hydroxylamine groups is 4. The summed E-state index contributed by atoms with van der Waals surface area (Å²) in [5.74, 6) is -0.204. The van der Waals surface area contributed by atoms with Gasteiger partial charge in [0.25, 0.3) is 5.91 Å². The minimum Gasteiger partial charge on any atom is -0.309 e. The Morgan fingerprint density at radius 1 is 1.30 bits per heavy atom. The second-order valence-corrected chi connectivity index (χ2v) is 5.79. The normalized spacial score (nSPS) is 23.3. The summed E-state index contributed by atoms with van der Waals surface area (Å²) in [5.41, 5.74) is 1.00. The van der Waals surface area contributed by atoms with Gasteiger partial charge in [-0.3, -0.25) is 14.5 Å². The van der Waals surface area contributed by atoms with Gasteiger partial charge >= 0.3 is 6.03 Å². The van der Waals surface area contributed by atoms with Gasteiger partial charge in [-0.25, -0.2) is 9.86 Å². The number of carbonyl (C=O) groups is 2. The fourth-order valence-electron chi connectivity index (χ4n) is 3.07. The van der Waals surface area contributed by atoms with E-state index in [2.05, 4.69) is 0 Å². The van der Waals surface area contributed by atoms with Crippen molar-refractivity contribution >= 4 is 11.9 Å². The summed E-state index contributed by atoms with van der Waals surface area (Å²) in [6.45, 7) is 0.856. The molecule has 3 rings (SSSR count). The van der Waals surface area contributed by atoms with Gasteiger partial charge in [0.15, 0.2) is 0 Å². The van der Waals surface area contributed by atoms with E-state index in [9.17, 15) is 9.59 Å². The van der Waals surface area contributed by atoms with Gasteiger partial charge in [-0.15, -0.1) is 0 Å². The molecule has 2 bridgehead atoms. The molecule has 23 heavy (non-hydrogen) atoms. The largest absolute Gasteiger partial charge is 0.345 e. The lowest BCUT2D eigenvalue weighted by Gasteiger charge is -2.31. The number of rotatable bonds is 5. The summed E-state index contributed by atoms with van der Waals surface area (Å²) in [6, 6.07) is 8.98. The maximum atomic E-state index is 12.5. The zero-order valence-electron chi connectivity index (χ0n) is 13.3. The van der Waals surface area contributed by atoms with E-state index in [1.807, 2.05) is 30.3 Å². The second kappa shape index (κ2) is 6.55. The predicted molar refractivity (Wildman–Crippen MR) is 81.8 cm³/mol. The zero-order valence-corrected chi connectivity index (χ0v) is 13.3. The second-order valence-electron chi connectivity index (χ2n) is 5.79. The number of likely N-dealkylation sites (N-methyl/N-ethyl adjacent to an activating group) is 1. The number of hydrogen-bond acceptors (Lipinski definition) is 4. The van der Waals surface area contributed by atoms with Crippen LogP contribution in [0.15, 0.2) is 30.3 Å². The maximum Gasteiger partial charge on any atom is 0.345 e. The fraction of sp³-hybridized carbons (Fsp3) is 0.500. The summed E-state index contributed by atoms with van der Waals surface area (Å²) in [4.78, 5) is 37.1.